The Hall–Kier alpha value is -3.02. The minimum Gasteiger partial charge on any atom is -0.486 e. The average Bonchev–Trinajstić information content (AvgIpc) is 3.09. The molecule has 0 saturated carbocycles. The maximum absolute atomic E-state index is 12.7. The Morgan fingerprint density at radius 3 is 2.59 bits per heavy atom. The largest absolute Gasteiger partial charge is 0.486 e. The Bertz CT molecular complexity index is 952. The molecule has 2 aliphatic heterocycles. The zero-order valence-corrected chi connectivity index (χ0v) is 16.9. The summed E-state index contributed by atoms with van der Waals surface area (Å²) in [6.07, 6.45) is 0.135. The quantitative estimate of drug-likeness (QED) is 0.581. The van der Waals surface area contributed by atoms with Gasteiger partial charge in [0.05, 0.1) is 5.92 Å². The minimum absolute atomic E-state index is 0.102. The molecule has 1 atom stereocenters. The third kappa shape index (κ3) is 3.92. The van der Waals surface area contributed by atoms with Crippen molar-refractivity contribution in [2.45, 2.75) is 33.1 Å². The summed E-state index contributed by atoms with van der Waals surface area (Å²) < 4.78 is 16.7. The Balaban J connectivity index is 1.45. The van der Waals surface area contributed by atoms with Gasteiger partial charge in [-0.3, -0.25) is 9.59 Å². The molecule has 2 aliphatic rings. The first-order valence-corrected chi connectivity index (χ1v) is 9.94. The van der Waals surface area contributed by atoms with Crippen LogP contribution in [-0.2, 0) is 9.59 Å². The normalized spacial score (nSPS) is 18.3. The van der Waals surface area contributed by atoms with Crippen molar-refractivity contribution in [3.05, 3.63) is 47.5 Å². The van der Waals surface area contributed by atoms with Gasteiger partial charge in [0.15, 0.2) is 11.5 Å². The van der Waals surface area contributed by atoms with E-state index in [-0.39, 0.29) is 18.3 Å². The molecule has 29 heavy (non-hydrogen) atoms. The maximum atomic E-state index is 12.7. The van der Waals surface area contributed by atoms with Crippen LogP contribution in [0.3, 0.4) is 0 Å². The molecule has 2 heterocycles. The molecule has 0 unspecified atom stereocenters. The first-order valence-electron chi connectivity index (χ1n) is 9.94. The van der Waals surface area contributed by atoms with E-state index in [1.54, 1.807) is 17.0 Å². The van der Waals surface area contributed by atoms with E-state index in [2.05, 4.69) is 13.8 Å². The smallest absolute Gasteiger partial charge is 0.316 e. The first kappa shape index (κ1) is 19.3. The van der Waals surface area contributed by atoms with Crippen molar-refractivity contribution in [2.24, 2.45) is 5.92 Å². The van der Waals surface area contributed by atoms with E-state index in [0.29, 0.717) is 48.6 Å². The molecule has 0 spiro atoms. The molecular formula is C23H25NO5. The van der Waals surface area contributed by atoms with Gasteiger partial charge < -0.3 is 19.1 Å². The molecule has 6 heteroatoms. The van der Waals surface area contributed by atoms with Crippen LogP contribution in [0.4, 0.5) is 5.69 Å². The lowest BCUT2D eigenvalue weighted by atomic mass is 9.98. The third-order valence-corrected chi connectivity index (χ3v) is 5.38. The van der Waals surface area contributed by atoms with Gasteiger partial charge in [-0.2, -0.15) is 0 Å². The van der Waals surface area contributed by atoms with Gasteiger partial charge in [-0.1, -0.05) is 19.9 Å². The molecule has 1 saturated heterocycles. The molecular weight excluding hydrogens is 370 g/mol. The molecule has 0 aromatic heterocycles. The molecule has 0 N–H and O–H groups in total. The van der Waals surface area contributed by atoms with Crippen molar-refractivity contribution in [2.75, 3.05) is 24.7 Å². The van der Waals surface area contributed by atoms with Gasteiger partial charge in [-0.15, -0.1) is 0 Å². The number of rotatable bonds is 4. The Labute approximate surface area is 170 Å². The van der Waals surface area contributed by atoms with Gasteiger partial charge >= 0.3 is 5.97 Å². The summed E-state index contributed by atoms with van der Waals surface area (Å²) in [5.74, 6) is 1.23. The number of nitrogens with zero attached hydrogens (tertiary/aromatic N) is 1. The van der Waals surface area contributed by atoms with Crippen LogP contribution in [0.15, 0.2) is 36.4 Å². The Kier molecular flexibility index (Phi) is 5.18. The number of fused-ring (bicyclic) bond motifs is 1. The van der Waals surface area contributed by atoms with Gasteiger partial charge in [0.25, 0.3) is 0 Å². The summed E-state index contributed by atoms with van der Waals surface area (Å²) >= 11 is 0. The lowest BCUT2D eigenvalue weighted by Gasteiger charge is -2.22. The predicted octanol–water partition coefficient (Wildman–Crippen LogP) is 3.85. The van der Waals surface area contributed by atoms with Crippen molar-refractivity contribution >= 4 is 17.6 Å². The zero-order chi connectivity index (χ0) is 20.5. The highest BCUT2D eigenvalue weighted by Gasteiger charge is 2.37. The van der Waals surface area contributed by atoms with Crippen molar-refractivity contribution < 1.29 is 23.8 Å². The predicted molar refractivity (Wildman–Crippen MR) is 109 cm³/mol. The lowest BCUT2D eigenvalue weighted by molar-refractivity contribution is -0.139. The minimum atomic E-state index is -0.499. The number of carbonyl (C=O) groups is 2. The van der Waals surface area contributed by atoms with E-state index >= 15 is 0 Å². The van der Waals surface area contributed by atoms with Crippen LogP contribution in [0.2, 0.25) is 0 Å². The van der Waals surface area contributed by atoms with Crippen LogP contribution in [0.5, 0.6) is 17.2 Å². The van der Waals surface area contributed by atoms with Crippen LogP contribution in [-0.4, -0.2) is 31.6 Å². The number of hydrogen-bond donors (Lipinski definition) is 0. The Morgan fingerprint density at radius 2 is 1.86 bits per heavy atom. The molecule has 2 aromatic rings. The molecule has 4 rings (SSSR count). The van der Waals surface area contributed by atoms with Gasteiger partial charge in [-0.05, 0) is 48.2 Å². The van der Waals surface area contributed by atoms with E-state index in [0.717, 1.165) is 5.56 Å². The number of hydrogen-bond acceptors (Lipinski definition) is 5. The Morgan fingerprint density at radius 1 is 1.10 bits per heavy atom. The van der Waals surface area contributed by atoms with Gasteiger partial charge in [0.2, 0.25) is 5.91 Å². The molecule has 1 fully saturated rings. The fourth-order valence-corrected chi connectivity index (χ4v) is 3.87. The van der Waals surface area contributed by atoms with Crippen molar-refractivity contribution in [1.82, 2.24) is 0 Å². The number of carbonyl (C=O) groups excluding carboxylic acids is 2. The SMILES string of the molecule is Cc1cc(OC(=O)[C@H]2CC(=O)N(c3ccc4c(c3)OCCO4)C2)ccc1C(C)C. The lowest BCUT2D eigenvalue weighted by Crippen LogP contribution is -2.27. The average molecular weight is 395 g/mol. The molecule has 0 bridgehead atoms. The summed E-state index contributed by atoms with van der Waals surface area (Å²) in [4.78, 5) is 26.8. The van der Waals surface area contributed by atoms with Gasteiger partial charge in [0.1, 0.15) is 19.0 Å². The van der Waals surface area contributed by atoms with Crippen molar-refractivity contribution in [3.8, 4) is 17.2 Å². The third-order valence-electron chi connectivity index (χ3n) is 5.38. The fourth-order valence-electron chi connectivity index (χ4n) is 3.87. The van der Waals surface area contributed by atoms with Gasteiger partial charge in [0, 0.05) is 24.7 Å². The highest BCUT2D eigenvalue weighted by molar-refractivity contribution is 6.00. The van der Waals surface area contributed by atoms with Crippen LogP contribution < -0.4 is 19.1 Å². The van der Waals surface area contributed by atoms with Crippen LogP contribution >= 0.6 is 0 Å². The van der Waals surface area contributed by atoms with Crippen LogP contribution in [0.25, 0.3) is 0 Å². The summed E-state index contributed by atoms with van der Waals surface area (Å²) in [6.45, 7) is 7.56. The molecule has 0 radical (unpaired) electrons. The highest BCUT2D eigenvalue weighted by Crippen LogP contribution is 2.36. The second kappa shape index (κ2) is 7.78. The van der Waals surface area contributed by atoms with Crippen molar-refractivity contribution in [3.63, 3.8) is 0 Å². The zero-order valence-electron chi connectivity index (χ0n) is 16.9. The second-order valence-corrected chi connectivity index (χ2v) is 7.83. The van der Waals surface area contributed by atoms with Crippen LogP contribution in [0, 0.1) is 12.8 Å². The van der Waals surface area contributed by atoms with Gasteiger partial charge in [-0.25, -0.2) is 0 Å². The van der Waals surface area contributed by atoms with Crippen LogP contribution in [0.1, 0.15) is 37.3 Å². The second-order valence-electron chi connectivity index (χ2n) is 7.83. The number of aryl methyl sites for hydroxylation is 1. The molecule has 152 valence electrons. The van der Waals surface area contributed by atoms with E-state index in [1.165, 1.54) is 5.56 Å². The summed E-state index contributed by atoms with van der Waals surface area (Å²) in [5, 5.41) is 0. The standard InChI is InChI=1S/C23H25NO5/c1-14(2)19-6-5-18(10-15(19)3)29-23(26)16-11-22(25)24(13-16)17-4-7-20-21(12-17)28-9-8-27-20/h4-7,10,12,14,16H,8-9,11,13H2,1-3H3/t16-/m0/s1. The van der Waals surface area contributed by atoms with E-state index < -0.39 is 5.92 Å². The van der Waals surface area contributed by atoms with E-state index in [4.69, 9.17) is 14.2 Å². The fraction of sp³-hybridized carbons (Fsp3) is 0.391. The van der Waals surface area contributed by atoms with Crippen molar-refractivity contribution in [1.29, 1.82) is 0 Å². The van der Waals surface area contributed by atoms with E-state index in [1.807, 2.05) is 31.2 Å². The topological polar surface area (TPSA) is 65.1 Å². The molecule has 1 amide bonds. The van der Waals surface area contributed by atoms with E-state index in [9.17, 15) is 9.59 Å². The number of ether oxygens (including phenoxy) is 3. The monoisotopic (exact) mass is 395 g/mol. The molecule has 0 aliphatic carbocycles. The number of benzene rings is 2. The first-order chi connectivity index (χ1) is 13.9. The number of anilines is 1. The molecule has 6 nitrogen and oxygen atoms in total. The highest BCUT2D eigenvalue weighted by atomic mass is 16.6. The molecule has 2 aromatic carbocycles. The summed E-state index contributed by atoms with van der Waals surface area (Å²) in [6, 6.07) is 11.1. The summed E-state index contributed by atoms with van der Waals surface area (Å²) in [7, 11) is 0. The number of esters is 1. The maximum Gasteiger partial charge on any atom is 0.316 e. The summed E-state index contributed by atoms with van der Waals surface area (Å²) in [5.41, 5.74) is 3.02. The number of amides is 1.